The monoisotopic (exact) mass is 152 g/mol. The number of hydrogen-bond donors (Lipinski definition) is 0. The number of hydrogen-bond acceptors (Lipinski definition) is 3. The van der Waals surface area contributed by atoms with Crippen LogP contribution >= 0.6 is 0 Å². The van der Waals surface area contributed by atoms with Crippen LogP contribution in [0.15, 0.2) is 10.6 Å². The molecule has 1 heterocycles. The molecule has 0 unspecified atom stereocenters. The Morgan fingerprint density at radius 3 is 2.91 bits per heavy atom. The van der Waals surface area contributed by atoms with E-state index in [1.807, 2.05) is 0 Å². The molecule has 0 amide bonds. The van der Waals surface area contributed by atoms with Crippen molar-refractivity contribution < 1.29 is 9.32 Å². The van der Waals surface area contributed by atoms with Crippen LogP contribution in [0.25, 0.3) is 0 Å². The maximum absolute atomic E-state index is 10.1. The quantitative estimate of drug-likeness (QED) is 0.656. The zero-order chi connectivity index (χ0) is 8.27. The van der Waals surface area contributed by atoms with Gasteiger partial charge in [-0.3, -0.25) is 4.79 Å². The lowest BCUT2D eigenvalue weighted by molar-refractivity contribution is 0.367. The first-order chi connectivity index (χ1) is 5.22. The van der Waals surface area contributed by atoms with E-state index in [-0.39, 0.29) is 5.69 Å². The van der Waals surface area contributed by atoms with Gasteiger partial charge in [-0.2, -0.15) is 0 Å². The highest BCUT2D eigenvalue weighted by Gasteiger charge is 2.04. The van der Waals surface area contributed by atoms with Crippen LogP contribution in [-0.4, -0.2) is 11.4 Å². The zero-order valence-electron chi connectivity index (χ0n) is 6.63. The summed E-state index contributed by atoms with van der Waals surface area (Å²) in [5.74, 6) is 1.26. The molecule has 0 N–H and O–H groups in total. The Hall–Kier alpha value is -1.12. The predicted octanol–water partition coefficient (Wildman–Crippen LogP) is 1.33. The fourth-order valence-corrected chi connectivity index (χ4v) is 0.860. The van der Waals surface area contributed by atoms with E-state index in [1.165, 1.54) is 0 Å². The highest BCUT2D eigenvalue weighted by Crippen LogP contribution is 2.07. The molecular formula is C8H10NO2. The van der Waals surface area contributed by atoms with E-state index >= 15 is 0 Å². The molecule has 1 radical (unpaired) electrons. The molecule has 0 aliphatic carbocycles. The van der Waals surface area contributed by atoms with Gasteiger partial charge < -0.3 is 4.52 Å². The first kappa shape index (κ1) is 7.98. The summed E-state index contributed by atoms with van der Waals surface area (Å²) in [6.45, 7) is 4.15. The normalized spacial score (nSPS) is 10.5. The summed E-state index contributed by atoms with van der Waals surface area (Å²) in [6, 6.07) is 1.62. The highest BCUT2D eigenvalue weighted by molar-refractivity contribution is 5.71. The molecule has 0 fully saturated rings. The Kier molecular flexibility index (Phi) is 2.41. The number of carbonyl (C=O) groups excluding carboxylic acids is 1. The van der Waals surface area contributed by atoms with Crippen LogP contribution in [0.3, 0.4) is 0 Å². The summed E-state index contributed by atoms with van der Waals surface area (Å²) in [5, 5.41) is 3.49. The standard InChI is InChI=1S/C8H10NO2/c1-6(2)3-8-4-7(5-10)9-11-8/h4,6H,3H2,1-2H3. The van der Waals surface area contributed by atoms with E-state index in [2.05, 4.69) is 19.0 Å². The molecule has 0 saturated heterocycles. The maximum Gasteiger partial charge on any atom is 0.257 e. The van der Waals surface area contributed by atoms with Crippen molar-refractivity contribution in [3.63, 3.8) is 0 Å². The van der Waals surface area contributed by atoms with Gasteiger partial charge in [-0.05, 0) is 5.92 Å². The minimum Gasteiger partial charge on any atom is -0.361 e. The third kappa shape index (κ3) is 2.18. The maximum atomic E-state index is 10.1. The van der Waals surface area contributed by atoms with E-state index < -0.39 is 0 Å². The van der Waals surface area contributed by atoms with E-state index in [9.17, 15) is 4.79 Å². The van der Waals surface area contributed by atoms with E-state index in [0.717, 1.165) is 12.2 Å². The van der Waals surface area contributed by atoms with Crippen molar-refractivity contribution in [3.05, 3.63) is 17.5 Å². The molecule has 1 aromatic heterocycles. The predicted molar refractivity (Wildman–Crippen MR) is 39.8 cm³/mol. The van der Waals surface area contributed by atoms with Gasteiger partial charge in [-0.15, -0.1) is 0 Å². The molecule has 3 nitrogen and oxygen atoms in total. The molecule has 0 aromatic carbocycles. The molecular weight excluding hydrogens is 142 g/mol. The van der Waals surface area contributed by atoms with Gasteiger partial charge in [0.1, 0.15) is 5.76 Å². The van der Waals surface area contributed by atoms with Gasteiger partial charge in [0.05, 0.1) is 0 Å². The average molecular weight is 152 g/mol. The summed E-state index contributed by atoms with van der Waals surface area (Å²) < 4.78 is 4.85. The molecule has 11 heavy (non-hydrogen) atoms. The highest BCUT2D eigenvalue weighted by atomic mass is 16.5. The Balaban J connectivity index is 2.65. The molecule has 0 spiro atoms. The lowest BCUT2D eigenvalue weighted by Crippen LogP contribution is -1.90. The average Bonchev–Trinajstić information content (AvgIpc) is 2.34. The minimum absolute atomic E-state index is 0.251. The Bertz CT molecular complexity index is 240. The zero-order valence-corrected chi connectivity index (χ0v) is 6.63. The summed E-state index contributed by atoms with van der Waals surface area (Å²) in [4.78, 5) is 10.1. The fraction of sp³-hybridized carbons (Fsp3) is 0.500. The first-order valence-corrected chi connectivity index (χ1v) is 3.56. The van der Waals surface area contributed by atoms with Crippen LogP contribution in [-0.2, 0) is 11.2 Å². The lowest BCUT2D eigenvalue weighted by atomic mass is 10.1. The van der Waals surface area contributed by atoms with Crippen LogP contribution in [0.5, 0.6) is 0 Å². The van der Waals surface area contributed by atoms with Crippen molar-refractivity contribution in [1.82, 2.24) is 5.16 Å². The topological polar surface area (TPSA) is 43.1 Å². The molecule has 0 bridgehead atoms. The van der Waals surface area contributed by atoms with Gasteiger partial charge >= 0.3 is 0 Å². The summed E-state index contributed by atoms with van der Waals surface area (Å²) >= 11 is 0. The molecule has 0 aliphatic heterocycles. The molecule has 1 aromatic rings. The summed E-state index contributed by atoms with van der Waals surface area (Å²) in [5.41, 5.74) is 0.251. The third-order valence-corrected chi connectivity index (χ3v) is 1.27. The lowest BCUT2D eigenvalue weighted by Gasteiger charge is -1.96. The number of aromatic nitrogens is 1. The van der Waals surface area contributed by atoms with Crippen molar-refractivity contribution in [2.45, 2.75) is 20.3 Å². The number of nitrogens with zero attached hydrogens (tertiary/aromatic N) is 1. The van der Waals surface area contributed by atoms with Gasteiger partial charge in [0.2, 0.25) is 0 Å². The molecule has 59 valence electrons. The van der Waals surface area contributed by atoms with Crippen molar-refractivity contribution >= 4 is 6.29 Å². The van der Waals surface area contributed by atoms with Crippen molar-refractivity contribution in [3.8, 4) is 0 Å². The second kappa shape index (κ2) is 3.32. The second-order valence-corrected chi connectivity index (χ2v) is 2.88. The molecule has 3 heteroatoms. The smallest absolute Gasteiger partial charge is 0.257 e. The van der Waals surface area contributed by atoms with Gasteiger partial charge in [-0.25, -0.2) is 0 Å². The minimum atomic E-state index is 0.251. The first-order valence-electron chi connectivity index (χ1n) is 3.56. The van der Waals surface area contributed by atoms with Gasteiger partial charge in [-0.1, -0.05) is 19.0 Å². The molecule has 0 saturated carbocycles. The van der Waals surface area contributed by atoms with E-state index in [1.54, 1.807) is 12.4 Å². The largest absolute Gasteiger partial charge is 0.361 e. The van der Waals surface area contributed by atoms with Crippen LogP contribution in [0.1, 0.15) is 25.3 Å². The third-order valence-electron chi connectivity index (χ3n) is 1.27. The summed E-state index contributed by atoms with van der Waals surface area (Å²) in [6.07, 6.45) is 2.48. The molecule has 0 atom stereocenters. The fourth-order valence-electron chi connectivity index (χ4n) is 0.860. The van der Waals surface area contributed by atoms with Crippen molar-refractivity contribution in [2.24, 2.45) is 5.92 Å². The van der Waals surface area contributed by atoms with Crippen LogP contribution in [0.2, 0.25) is 0 Å². The Labute approximate surface area is 65.4 Å². The van der Waals surface area contributed by atoms with Gasteiger partial charge in [0.15, 0.2) is 5.69 Å². The summed E-state index contributed by atoms with van der Waals surface area (Å²) in [7, 11) is 0. The Morgan fingerprint density at radius 2 is 2.45 bits per heavy atom. The molecule has 1 rings (SSSR count). The van der Waals surface area contributed by atoms with Crippen LogP contribution < -0.4 is 0 Å². The number of rotatable bonds is 3. The SMILES string of the molecule is CC(C)Cc1cc([C]=O)no1. The van der Waals surface area contributed by atoms with E-state index in [4.69, 9.17) is 4.52 Å². The second-order valence-electron chi connectivity index (χ2n) is 2.88. The van der Waals surface area contributed by atoms with Crippen LogP contribution in [0.4, 0.5) is 0 Å². The van der Waals surface area contributed by atoms with Gasteiger partial charge in [0.25, 0.3) is 6.29 Å². The molecule has 0 aliphatic rings. The van der Waals surface area contributed by atoms with Crippen LogP contribution in [0, 0.1) is 5.92 Å². The Morgan fingerprint density at radius 1 is 1.73 bits per heavy atom. The van der Waals surface area contributed by atoms with Crippen molar-refractivity contribution in [2.75, 3.05) is 0 Å². The van der Waals surface area contributed by atoms with Crippen molar-refractivity contribution in [1.29, 1.82) is 0 Å². The van der Waals surface area contributed by atoms with E-state index in [0.29, 0.717) is 5.92 Å². The van der Waals surface area contributed by atoms with Gasteiger partial charge in [0, 0.05) is 12.5 Å².